The Morgan fingerprint density at radius 1 is 1.05 bits per heavy atom. The number of hydrogen-bond acceptors (Lipinski definition) is 9. The Morgan fingerprint density at radius 2 is 1.65 bits per heavy atom. The van der Waals surface area contributed by atoms with Gasteiger partial charge in [-0.15, -0.1) is 6.42 Å². The molecular weight excluding hydrogens is 506 g/mol. The second-order valence-electron chi connectivity index (χ2n) is 9.55. The molecule has 0 saturated carbocycles. The number of amides is 2. The lowest BCUT2D eigenvalue weighted by Crippen LogP contribution is -2.47. The predicted molar refractivity (Wildman–Crippen MR) is 138 cm³/mol. The number of hydrogen-bond donors (Lipinski definition) is 1. The van der Waals surface area contributed by atoms with Crippen molar-refractivity contribution in [3.63, 3.8) is 0 Å². The fourth-order valence-corrected chi connectivity index (χ4v) is 3.83. The van der Waals surface area contributed by atoms with E-state index >= 15 is 0 Å². The second-order valence-corrected chi connectivity index (χ2v) is 11.1. The monoisotopic (exact) mass is 541 g/mol. The van der Waals surface area contributed by atoms with Crippen LogP contribution in [0.3, 0.4) is 0 Å². The molecule has 12 nitrogen and oxygen atoms in total. The first-order valence-electron chi connectivity index (χ1n) is 11.2. The van der Waals surface area contributed by atoms with Crippen molar-refractivity contribution in [3.05, 3.63) is 18.2 Å². The minimum atomic E-state index is -4.65. The Morgan fingerprint density at radius 3 is 2.14 bits per heavy atom. The summed E-state index contributed by atoms with van der Waals surface area (Å²) in [5.41, 5.74) is -1.67. The van der Waals surface area contributed by atoms with E-state index in [1.165, 1.54) is 25.3 Å². The summed E-state index contributed by atoms with van der Waals surface area (Å²) in [6, 6.07) is 3.94. The lowest BCUT2D eigenvalue weighted by Gasteiger charge is -2.28. The van der Waals surface area contributed by atoms with Gasteiger partial charge in [0.1, 0.15) is 23.5 Å². The Labute approximate surface area is 218 Å². The van der Waals surface area contributed by atoms with Gasteiger partial charge >= 0.3 is 28.4 Å². The first kappa shape index (κ1) is 31.4. The van der Waals surface area contributed by atoms with Gasteiger partial charge in [0, 0.05) is 6.07 Å². The van der Waals surface area contributed by atoms with Gasteiger partial charge in [0.15, 0.2) is 0 Å². The standard InChI is InChI=1S/C24H35N3O9S/c1-10-14-26(22(30)36-24(6,7)8)18-13-12-17(15-19(18)33-9)27(16-20(28)34-11-2)37(31,32)25-21(29)35-23(3,4)5/h1,12-13,15H,11,14,16H2,2-9H3,(H,25,29). The zero-order chi connectivity index (χ0) is 28.6. The Bertz CT molecular complexity index is 1130. The molecule has 0 aliphatic carbocycles. The molecule has 1 aromatic carbocycles. The van der Waals surface area contributed by atoms with E-state index < -0.39 is 46.1 Å². The number of terminal acetylenes is 1. The molecule has 0 radical (unpaired) electrons. The van der Waals surface area contributed by atoms with Gasteiger partial charge in [0.25, 0.3) is 0 Å². The minimum absolute atomic E-state index is 0.00537. The first-order valence-corrected chi connectivity index (χ1v) is 12.7. The number of esters is 1. The molecule has 0 heterocycles. The van der Waals surface area contributed by atoms with Crippen LogP contribution in [0.5, 0.6) is 5.75 Å². The van der Waals surface area contributed by atoms with Crippen LogP contribution in [0.1, 0.15) is 48.5 Å². The lowest BCUT2D eigenvalue weighted by molar-refractivity contribution is -0.141. The third kappa shape index (κ3) is 10.1. The molecule has 0 bridgehead atoms. The molecule has 0 unspecified atom stereocenters. The Balaban J connectivity index is 3.53. The summed E-state index contributed by atoms with van der Waals surface area (Å²) in [4.78, 5) is 38.3. The fourth-order valence-electron chi connectivity index (χ4n) is 2.80. The van der Waals surface area contributed by atoms with Gasteiger partial charge in [-0.05, 0) is 60.6 Å². The summed E-state index contributed by atoms with van der Waals surface area (Å²) in [6.45, 7) is 10.4. The summed E-state index contributed by atoms with van der Waals surface area (Å²) in [5.74, 6) is 1.54. The molecule has 0 aliphatic heterocycles. The average molecular weight is 542 g/mol. The molecule has 1 aromatic rings. The molecule has 1 N–H and O–H groups in total. The topological polar surface area (TPSA) is 141 Å². The van der Waals surface area contributed by atoms with Crippen LogP contribution in [0.4, 0.5) is 21.0 Å². The number of anilines is 2. The van der Waals surface area contributed by atoms with Crippen LogP contribution in [-0.4, -0.2) is 64.6 Å². The van der Waals surface area contributed by atoms with Gasteiger partial charge in [-0.2, -0.15) is 8.42 Å². The molecule has 13 heteroatoms. The number of benzene rings is 1. The van der Waals surface area contributed by atoms with Gasteiger partial charge in [-0.3, -0.25) is 9.69 Å². The number of nitrogens with zero attached hydrogens (tertiary/aromatic N) is 2. The Kier molecular flexibility index (Phi) is 10.6. The SMILES string of the molecule is C#CCN(C(=O)OC(C)(C)C)c1ccc(N(CC(=O)OCC)S(=O)(=O)NC(=O)OC(C)(C)C)cc1OC. The molecule has 0 saturated heterocycles. The summed E-state index contributed by atoms with van der Waals surface area (Å²) in [6.07, 6.45) is 3.45. The number of nitrogens with one attached hydrogen (secondary N) is 1. The quantitative estimate of drug-likeness (QED) is 0.283. The van der Waals surface area contributed by atoms with Crippen LogP contribution in [0.25, 0.3) is 0 Å². The zero-order valence-corrected chi connectivity index (χ0v) is 23.2. The molecule has 1 rings (SSSR count). The van der Waals surface area contributed by atoms with Crippen LogP contribution in [0.2, 0.25) is 0 Å². The maximum Gasteiger partial charge on any atom is 0.422 e. The summed E-state index contributed by atoms with van der Waals surface area (Å²) < 4.78 is 49.3. The maximum atomic E-state index is 13.1. The van der Waals surface area contributed by atoms with E-state index in [1.54, 1.807) is 53.2 Å². The molecule has 0 aromatic heterocycles. The molecule has 206 valence electrons. The van der Waals surface area contributed by atoms with E-state index in [1.807, 2.05) is 0 Å². The molecule has 0 fully saturated rings. The van der Waals surface area contributed by atoms with Crippen molar-refractivity contribution in [3.8, 4) is 18.1 Å². The van der Waals surface area contributed by atoms with Gasteiger partial charge < -0.3 is 18.9 Å². The molecule has 0 atom stereocenters. The average Bonchev–Trinajstić information content (AvgIpc) is 2.72. The van der Waals surface area contributed by atoms with E-state index in [0.29, 0.717) is 4.31 Å². The summed E-state index contributed by atoms with van der Waals surface area (Å²) >= 11 is 0. The number of rotatable bonds is 9. The zero-order valence-electron chi connectivity index (χ0n) is 22.4. The van der Waals surface area contributed by atoms with E-state index in [2.05, 4.69) is 5.92 Å². The fraction of sp³-hybridized carbons (Fsp3) is 0.542. The number of ether oxygens (including phenoxy) is 4. The van der Waals surface area contributed by atoms with Crippen molar-refractivity contribution in [2.24, 2.45) is 0 Å². The highest BCUT2D eigenvalue weighted by Crippen LogP contribution is 2.34. The van der Waals surface area contributed by atoms with Crippen molar-refractivity contribution >= 4 is 39.7 Å². The van der Waals surface area contributed by atoms with Crippen LogP contribution in [0, 0.1) is 12.3 Å². The van der Waals surface area contributed by atoms with Crippen LogP contribution in [-0.2, 0) is 29.2 Å². The van der Waals surface area contributed by atoms with E-state index in [9.17, 15) is 22.8 Å². The summed E-state index contributed by atoms with van der Waals surface area (Å²) in [7, 11) is -3.35. The van der Waals surface area contributed by atoms with Crippen molar-refractivity contribution in [1.29, 1.82) is 0 Å². The molecule has 37 heavy (non-hydrogen) atoms. The van der Waals surface area contributed by atoms with Gasteiger partial charge in [0.2, 0.25) is 0 Å². The maximum absolute atomic E-state index is 13.1. The van der Waals surface area contributed by atoms with Gasteiger partial charge in [-0.25, -0.2) is 18.6 Å². The predicted octanol–water partition coefficient (Wildman–Crippen LogP) is 3.21. The number of methoxy groups -OCH3 is 1. The van der Waals surface area contributed by atoms with Crippen molar-refractivity contribution in [1.82, 2.24) is 4.72 Å². The van der Waals surface area contributed by atoms with E-state index in [-0.39, 0.29) is 30.3 Å². The highest BCUT2D eigenvalue weighted by molar-refractivity contribution is 7.91. The summed E-state index contributed by atoms with van der Waals surface area (Å²) in [5, 5.41) is 0. The van der Waals surface area contributed by atoms with Crippen LogP contribution >= 0.6 is 0 Å². The molecule has 0 aliphatic rings. The highest BCUT2D eigenvalue weighted by atomic mass is 32.2. The Hall–Kier alpha value is -3.66. The molecule has 2 amide bonds. The molecular formula is C24H35N3O9S. The van der Waals surface area contributed by atoms with Crippen molar-refractivity contribution in [2.45, 2.75) is 59.7 Å². The largest absolute Gasteiger partial charge is 0.494 e. The lowest BCUT2D eigenvalue weighted by atomic mass is 10.2. The third-order valence-corrected chi connectivity index (χ3v) is 5.43. The highest BCUT2D eigenvalue weighted by Gasteiger charge is 2.31. The van der Waals surface area contributed by atoms with Gasteiger partial charge in [0.05, 0.1) is 31.6 Å². The number of carbonyl (C=O) groups excluding carboxylic acids is 3. The van der Waals surface area contributed by atoms with Gasteiger partial charge in [-0.1, -0.05) is 5.92 Å². The first-order chi connectivity index (χ1) is 16.9. The number of carbonyl (C=O) groups is 3. The third-order valence-electron chi connectivity index (χ3n) is 4.08. The molecule has 0 spiro atoms. The minimum Gasteiger partial charge on any atom is -0.494 e. The van der Waals surface area contributed by atoms with Crippen LogP contribution < -0.4 is 18.7 Å². The van der Waals surface area contributed by atoms with Crippen molar-refractivity contribution < 1.29 is 41.7 Å². The van der Waals surface area contributed by atoms with Crippen LogP contribution in [0.15, 0.2) is 18.2 Å². The normalized spacial score (nSPS) is 11.5. The smallest absolute Gasteiger partial charge is 0.422 e. The van der Waals surface area contributed by atoms with E-state index in [4.69, 9.17) is 25.4 Å². The van der Waals surface area contributed by atoms with E-state index in [0.717, 1.165) is 4.90 Å². The second kappa shape index (κ2) is 12.5. The van der Waals surface area contributed by atoms with Crippen molar-refractivity contribution in [2.75, 3.05) is 36.0 Å².